The van der Waals surface area contributed by atoms with Crippen LogP contribution in [-0.4, -0.2) is 12.1 Å². The third-order valence-electron chi connectivity index (χ3n) is 1.68. The predicted molar refractivity (Wildman–Crippen MR) is 51.1 cm³/mol. The van der Waals surface area contributed by atoms with Crippen LogP contribution >= 0.6 is 15.9 Å². The smallest absolute Gasteiger partial charge is 0.417 e. The lowest BCUT2D eigenvalue weighted by Crippen LogP contribution is -1.93. The summed E-state index contributed by atoms with van der Waals surface area (Å²) in [7, 11) is 1.53. The molecule has 2 aromatic rings. The van der Waals surface area contributed by atoms with E-state index < -0.39 is 5.76 Å². The third-order valence-corrected chi connectivity index (χ3v) is 2.14. The Kier molecular flexibility index (Phi) is 1.88. The molecule has 0 radical (unpaired) electrons. The fourth-order valence-corrected chi connectivity index (χ4v) is 1.57. The predicted octanol–water partition coefficient (Wildman–Crippen LogP) is 1.89. The van der Waals surface area contributed by atoms with E-state index >= 15 is 0 Å². The average Bonchev–Trinajstić information content (AvgIpc) is 2.43. The molecule has 1 aromatic carbocycles. The average molecular weight is 244 g/mol. The number of fused-ring (bicyclic) bond motifs is 1. The van der Waals surface area contributed by atoms with Crippen molar-refractivity contribution >= 4 is 27.0 Å². The van der Waals surface area contributed by atoms with Gasteiger partial charge in [0.15, 0.2) is 5.58 Å². The first-order valence-electron chi connectivity index (χ1n) is 3.57. The molecule has 2 rings (SSSR count). The maximum absolute atomic E-state index is 10.9. The lowest BCUT2D eigenvalue weighted by atomic mass is 10.3. The summed E-state index contributed by atoms with van der Waals surface area (Å²) in [5.74, 6) is 0.0987. The largest absolute Gasteiger partial charge is 0.494 e. The van der Waals surface area contributed by atoms with Crippen molar-refractivity contribution in [3.63, 3.8) is 0 Å². The Morgan fingerprint density at radius 2 is 2.31 bits per heavy atom. The summed E-state index contributed by atoms with van der Waals surface area (Å²) in [5.41, 5.74) is 1.06. The molecular formula is C8H6BrNO3. The minimum Gasteiger partial charge on any atom is -0.494 e. The van der Waals surface area contributed by atoms with Crippen LogP contribution in [-0.2, 0) is 0 Å². The van der Waals surface area contributed by atoms with Gasteiger partial charge in [-0.1, -0.05) is 15.9 Å². The SMILES string of the molecule is COc1cc(Br)cc2oc(=O)[nH]c12. The number of nitrogens with one attached hydrogen (secondary N) is 1. The lowest BCUT2D eigenvalue weighted by Gasteiger charge is -1.99. The van der Waals surface area contributed by atoms with Crippen LogP contribution in [0.1, 0.15) is 0 Å². The van der Waals surface area contributed by atoms with Gasteiger partial charge in [0.05, 0.1) is 7.11 Å². The molecule has 1 aromatic heterocycles. The zero-order valence-corrected chi connectivity index (χ0v) is 8.34. The molecule has 4 nitrogen and oxygen atoms in total. The first-order chi connectivity index (χ1) is 6.20. The molecule has 0 spiro atoms. The van der Waals surface area contributed by atoms with Crippen LogP contribution in [0.5, 0.6) is 5.75 Å². The van der Waals surface area contributed by atoms with E-state index in [0.717, 1.165) is 4.47 Å². The third kappa shape index (κ3) is 1.35. The van der Waals surface area contributed by atoms with Crippen molar-refractivity contribution in [2.75, 3.05) is 7.11 Å². The lowest BCUT2D eigenvalue weighted by molar-refractivity contribution is 0.418. The number of rotatable bonds is 1. The monoisotopic (exact) mass is 243 g/mol. The van der Waals surface area contributed by atoms with Gasteiger partial charge in [0, 0.05) is 4.47 Å². The van der Waals surface area contributed by atoms with Gasteiger partial charge in [-0.15, -0.1) is 0 Å². The van der Waals surface area contributed by atoms with Gasteiger partial charge in [-0.05, 0) is 12.1 Å². The number of aromatic nitrogens is 1. The first kappa shape index (κ1) is 8.37. The first-order valence-corrected chi connectivity index (χ1v) is 4.36. The van der Waals surface area contributed by atoms with Crippen molar-refractivity contribution in [1.29, 1.82) is 0 Å². The molecule has 0 aliphatic heterocycles. The van der Waals surface area contributed by atoms with Gasteiger partial charge in [-0.25, -0.2) is 4.79 Å². The van der Waals surface area contributed by atoms with Crippen molar-refractivity contribution in [3.8, 4) is 5.75 Å². The van der Waals surface area contributed by atoms with Crippen LogP contribution in [0.2, 0.25) is 0 Å². The Bertz CT molecular complexity index is 500. The van der Waals surface area contributed by atoms with E-state index in [0.29, 0.717) is 16.8 Å². The fraction of sp³-hybridized carbons (Fsp3) is 0.125. The second-order valence-corrected chi connectivity index (χ2v) is 3.41. The van der Waals surface area contributed by atoms with Gasteiger partial charge in [0.2, 0.25) is 0 Å². The highest BCUT2D eigenvalue weighted by Crippen LogP contribution is 2.27. The molecule has 0 saturated heterocycles. The molecule has 0 atom stereocenters. The number of halogens is 1. The quantitative estimate of drug-likeness (QED) is 0.833. The van der Waals surface area contributed by atoms with Crippen molar-refractivity contribution in [2.45, 2.75) is 0 Å². The van der Waals surface area contributed by atoms with Crippen LogP contribution in [0.15, 0.2) is 25.8 Å². The summed E-state index contributed by atoms with van der Waals surface area (Å²) in [4.78, 5) is 13.4. The highest BCUT2D eigenvalue weighted by Gasteiger charge is 2.07. The number of hydrogen-bond donors (Lipinski definition) is 1. The molecule has 0 amide bonds. The molecule has 1 heterocycles. The second kappa shape index (κ2) is 2.92. The molecule has 0 aliphatic rings. The van der Waals surface area contributed by atoms with E-state index in [4.69, 9.17) is 9.15 Å². The van der Waals surface area contributed by atoms with Crippen LogP contribution in [0.25, 0.3) is 11.1 Å². The molecular weight excluding hydrogens is 238 g/mol. The number of oxazole rings is 1. The van der Waals surface area contributed by atoms with Gasteiger partial charge >= 0.3 is 5.76 Å². The topological polar surface area (TPSA) is 55.2 Å². The Morgan fingerprint density at radius 1 is 1.54 bits per heavy atom. The second-order valence-electron chi connectivity index (χ2n) is 2.50. The van der Waals surface area contributed by atoms with Crippen LogP contribution in [0.3, 0.4) is 0 Å². The molecule has 1 N–H and O–H groups in total. The minimum atomic E-state index is -0.480. The van der Waals surface area contributed by atoms with Gasteiger partial charge in [-0.3, -0.25) is 4.98 Å². The summed E-state index contributed by atoms with van der Waals surface area (Å²) >= 11 is 3.28. The van der Waals surface area contributed by atoms with Crippen LogP contribution < -0.4 is 10.5 Å². The molecule has 68 valence electrons. The summed E-state index contributed by atoms with van der Waals surface area (Å²) in [6, 6.07) is 3.46. The highest BCUT2D eigenvalue weighted by atomic mass is 79.9. The van der Waals surface area contributed by atoms with Crippen molar-refractivity contribution in [1.82, 2.24) is 4.98 Å². The number of benzene rings is 1. The zero-order chi connectivity index (χ0) is 9.42. The zero-order valence-electron chi connectivity index (χ0n) is 6.76. The number of hydrogen-bond acceptors (Lipinski definition) is 3. The van der Waals surface area contributed by atoms with Crippen molar-refractivity contribution in [3.05, 3.63) is 27.2 Å². The molecule has 0 fully saturated rings. The van der Waals surface area contributed by atoms with Gasteiger partial charge in [0.1, 0.15) is 11.3 Å². The molecule has 0 unspecified atom stereocenters. The number of ether oxygens (including phenoxy) is 1. The molecule has 0 bridgehead atoms. The highest BCUT2D eigenvalue weighted by molar-refractivity contribution is 9.10. The number of aromatic amines is 1. The molecule has 5 heteroatoms. The van der Waals surface area contributed by atoms with Gasteiger partial charge < -0.3 is 9.15 Å². The normalized spacial score (nSPS) is 10.6. The standard InChI is InChI=1S/C8H6BrNO3/c1-12-5-2-4(9)3-6-7(5)10-8(11)13-6/h2-3H,1H3,(H,10,11). The number of H-pyrrole nitrogens is 1. The summed E-state index contributed by atoms with van der Waals surface area (Å²) in [5, 5.41) is 0. The van der Waals surface area contributed by atoms with E-state index in [-0.39, 0.29) is 0 Å². The Morgan fingerprint density at radius 3 is 3.00 bits per heavy atom. The van der Waals surface area contributed by atoms with E-state index in [2.05, 4.69) is 20.9 Å². The van der Waals surface area contributed by atoms with E-state index in [1.54, 1.807) is 12.1 Å². The molecule has 13 heavy (non-hydrogen) atoms. The van der Waals surface area contributed by atoms with Crippen LogP contribution in [0, 0.1) is 0 Å². The summed E-state index contributed by atoms with van der Waals surface area (Å²) < 4.78 is 10.7. The minimum absolute atomic E-state index is 0.480. The van der Waals surface area contributed by atoms with Crippen LogP contribution in [0.4, 0.5) is 0 Å². The molecule has 0 saturated carbocycles. The van der Waals surface area contributed by atoms with Crippen molar-refractivity contribution in [2.24, 2.45) is 0 Å². The Balaban J connectivity index is 2.88. The maximum Gasteiger partial charge on any atom is 0.417 e. The van der Waals surface area contributed by atoms with E-state index in [9.17, 15) is 4.79 Å². The fourth-order valence-electron chi connectivity index (χ4n) is 1.15. The van der Waals surface area contributed by atoms with Crippen molar-refractivity contribution < 1.29 is 9.15 Å². The number of methoxy groups -OCH3 is 1. The Labute approximate surface area is 81.6 Å². The summed E-state index contributed by atoms with van der Waals surface area (Å²) in [6.45, 7) is 0. The van der Waals surface area contributed by atoms with E-state index in [1.807, 2.05) is 0 Å². The molecule has 0 aliphatic carbocycles. The maximum atomic E-state index is 10.9. The van der Waals surface area contributed by atoms with Gasteiger partial charge in [-0.2, -0.15) is 0 Å². The summed E-state index contributed by atoms with van der Waals surface area (Å²) in [6.07, 6.45) is 0. The van der Waals surface area contributed by atoms with E-state index in [1.165, 1.54) is 7.11 Å². The van der Waals surface area contributed by atoms with Gasteiger partial charge in [0.25, 0.3) is 0 Å². The Hall–Kier alpha value is -1.23.